The third-order valence-electron chi connectivity index (χ3n) is 5.38. The Bertz CT molecular complexity index is 506. The average Bonchev–Trinajstić information content (AvgIpc) is 2.70. The molecule has 1 heterocycles. The average molecular weight is 375 g/mol. The molecule has 1 fully saturated rings. The van der Waals surface area contributed by atoms with Gasteiger partial charge in [0.25, 0.3) is 0 Å². The molecule has 1 aliphatic heterocycles. The summed E-state index contributed by atoms with van der Waals surface area (Å²) in [5.41, 5.74) is 4.16. The van der Waals surface area contributed by atoms with Crippen molar-refractivity contribution in [1.29, 1.82) is 0 Å². The third kappa shape index (κ3) is 9.00. The van der Waals surface area contributed by atoms with Crippen LogP contribution in [0.25, 0.3) is 0 Å². The number of nitrogens with zero attached hydrogens (tertiary/aromatic N) is 1. The van der Waals surface area contributed by atoms with E-state index in [-0.39, 0.29) is 11.8 Å². The first kappa shape index (κ1) is 22.1. The number of rotatable bonds is 14. The van der Waals surface area contributed by atoms with Crippen molar-refractivity contribution in [2.45, 2.75) is 90.0 Å². The van der Waals surface area contributed by atoms with Gasteiger partial charge in [-0.05, 0) is 24.8 Å². The van der Waals surface area contributed by atoms with Crippen molar-refractivity contribution in [2.24, 2.45) is 0 Å². The number of Topliss-reactive ketones (excluding diaryl/α,β-unsaturated/α-hetero) is 1. The van der Waals surface area contributed by atoms with Crippen molar-refractivity contribution in [3.63, 3.8) is 0 Å². The van der Waals surface area contributed by atoms with E-state index in [0.29, 0.717) is 13.0 Å². The number of hydrazine groups is 1. The van der Waals surface area contributed by atoms with Crippen LogP contribution in [0.2, 0.25) is 0 Å². The molecule has 1 aliphatic rings. The van der Waals surface area contributed by atoms with Gasteiger partial charge in [0.1, 0.15) is 0 Å². The standard InChI is InChI=1S/C23H38N2O2/c1-2-3-4-5-6-7-8-14-19-27-24-25-18-13-12-17-22(25)23(26)20-21-15-10-9-11-16-21/h9-11,15-16,22,24H,2-8,12-14,17-20H2,1H3. The molecule has 4 heteroatoms. The number of piperidine rings is 1. The van der Waals surface area contributed by atoms with Gasteiger partial charge < -0.3 is 0 Å². The van der Waals surface area contributed by atoms with Crippen LogP contribution in [-0.2, 0) is 16.1 Å². The number of carbonyl (C=O) groups excluding carboxylic acids is 1. The van der Waals surface area contributed by atoms with Crippen molar-refractivity contribution >= 4 is 5.78 Å². The van der Waals surface area contributed by atoms with E-state index in [9.17, 15) is 4.79 Å². The molecule has 0 radical (unpaired) electrons. The maximum Gasteiger partial charge on any atom is 0.155 e. The van der Waals surface area contributed by atoms with Gasteiger partial charge in [-0.15, -0.1) is 5.59 Å². The molecule has 0 saturated carbocycles. The molecule has 0 aromatic heterocycles. The van der Waals surface area contributed by atoms with Crippen molar-refractivity contribution in [3.8, 4) is 0 Å². The Kier molecular flexibility index (Phi) is 11.3. The highest BCUT2D eigenvalue weighted by Crippen LogP contribution is 2.18. The van der Waals surface area contributed by atoms with Crippen LogP contribution in [0.5, 0.6) is 0 Å². The van der Waals surface area contributed by atoms with Gasteiger partial charge >= 0.3 is 0 Å². The van der Waals surface area contributed by atoms with E-state index in [1.165, 1.54) is 44.9 Å². The lowest BCUT2D eigenvalue weighted by atomic mass is 9.96. The van der Waals surface area contributed by atoms with Crippen LogP contribution in [0.1, 0.15) is 83.1 Å². The normalized spacial score (nSPS) is 17.9. The van der Waals surface area contributed by atoms with E-state index in [0.717, 1.165) is 37.8 Å². The van der Waals surface area contributed by atoms with Crippen LogP contribution in [0.3, 0.4) is 0 Å². The lowest BCUT2D eigenvalue weighted by molar-refractivity contribution is -0.143. The fourth-order valence-electron chi connectivity index (χ4n) is 3.73. The van der Waals surface area contributed by atoms with E-state index in [1.807, 2.05) is 35.3 Å². The van der Waals surface area contributed by atoms with Crippen LogP contribution < -0.4 is 5.59 Å². The SMILES string of the molecule is CCCCCCCCCCONN1CCCCC1C(=O)Cc1ccccc1. The minimum Gasteiger partial charge on any atom is -0.297 e. The van der Waals surface area contributed by atoms with Gasteiger partial charge in [0, 0.05) is 13.0 Å². The predicted molar refractivity (Wildman–Crippen MR) is 111 cm³/mol. The van der Waals surface area contributed by atoms with Gasteiger partial charge in [0.15, 0.2) is 5.78 Å². The predicted octanol–water partition coefficient (Wildman–Crippen LogP) is 5.23. The summed E-state index contributed by atoms with van der Waals surface area (Å²) in [7, 11) is 0. The fourth-order valence-corrected chi connectivity index (χ4v) is 3.73. The van der Waals surface area contributed by atoms with E-state index >= 15 is 0 Å². The molecule has 152 valence electrons. The van der Waals surface area contributed by atoms with Gasteiger partial charge in [-0.2, -0.15) is 0 Å². The van der Waals surface area contributed by atoms with Crippen molar-refractivity contribution in [3.05, 3.63) is 35.9 Å². The summed E-state index contributed by atoms with van der Waals surface area (Å²) in [6, 6.07) is 9.95. The first-order valence-corrected chi connectivity index (χ1v) is 11.0. The zero-order valence-electron chi connectivity index (χ0n) is 17.1. The quantitative estimate of drug-likeness (QED) is 0.358. The first-order valence-electron chi connectivity index (χ1n) is 11.0. The molecule has 0 spiro atoms. The van der Waals surface area contributed by atoms with Gasteiger partial charge in [0.05, 0.1) is 12.6 Å². The molecule has 1 saturated heterocycles. The second kappa shape index (κ2) is 13.9. The third-order valence-corrected chi connectivity index (χ3v) is 5.38. The Hall–Kier alpha value is -1.23. The second-order valence-corrected chi connectivity index (χ2v) is 7.75. The monoisotopic (exact) mass is 374 g/mol. The lowest BCUT2D eigenvalue weighted by Gasteiger charge is -2.34. The Balaban J connectivity index is 1.60. The number of ketones is 1. The number of nitrogens with one attached hydrogen (secondary N) is 1. The van der Waals surface area contributed by atoms with Crippen LogP contribution in [0.4, 0.5) is 0 Å². The molecule has 27 heavy (non-hydrogen) atoms. The highest BCUT2D eigenvalue weighted by atomic mass is 16.7. The van der Waals surface area contributed by atoms with E-state index in [2.05, 4.69) is 12.5 Å². The zero-order valence-corrected chi connectivity index (χ0v) is 17.1. The largest absolute Gasteiger partial charge is 0.297 e. The van der Waals surface area contributed by atoms with Crippen LogP contribution in [-0.4, -0.2) is 30.0 Å². The Labute approximate surface area is 165 Å². The van der Waals surface area contributed by atoms with Gasteiger partial charge in [-0.3, -0.25) is 9.63 Å². The maximum atomic E-state index is 12.7. The molecule has 1 unspecified atom stereocenters. The van der Waals surface area contributed by atoms with Gasteiger partial charge in [0.2, 0.25) is 0 Å². The number of unbranched alkanes of at least 4 members (excludes halogenated alkanes) is 7. The molecule has 1 N–H and O–H groups in total. The molecular weight excluding hydrogens is 336 g/mol. The molecule has 4 nitrogen and oxygen atoms in total. The number of hydrogen-bond acceptors (Lipinski definition) is 4. The number of benzene rings is 1. The summed E-state index contributed by atoms with van der Waals surface area (Å²) < 4.78 is 0. The summed E-state index contributed by atoms with van der Waals surface area (Å²) >= 11 is 0. The molecule has 0 aliphatic carbocycles. The Morgan fingerprint density at radius 3 is 2.48 bits per heavy atom. The summed E-state index contributed by atoms with van der Waals surface area (Å²) in [5, 5.41) is 2.01. The van der Waals surface area contributed by atoms with E-state index in [4.69, 9.17) is 4.84 Å². The molecule has 1 atom stereocenters. The zero-order chi connectivity index (χ0) is 19.2. The summed E-state index contributed by atoms with van der Waals surface area (Å²) in [6.07, 6.45) is 14.0. The lowest BCUT2D eigenvalue weighted by Crippen LogP contribution is -2.52. The molecular formula is C23H38N2O2. The molecule has 2 rings (SSSR count). The Morgan fingerprint density at radius 1 is 1.04 bits per heavy atom. The summed E-state index contributed by atoms with van der Waals surface area (Å²) in [4.78, 5) is 18.4. The van der Waals surface area contributed by atoms with Crippen LogP contribution in [0, 0.1) is 0 Å². The number of hydrogen-bond donors (Lipinski definition) is 1. The topological polar surface area (TPSA) is 41.6 Å². The molecule has 1 aromatic rings. The van der Waals surface area contributed by atoms with Crippen molar-refractivity contribution in [1.82, 2.24) is 10.6 Å². The summed E-state index contributed by atoms with van der Waals surface area (Å²) in [6.45, 7) is 3.85. The first-order chi connectivity index (χ1) is 13.3. The smallest absolute Gasteiger partial charge is 0.155 e. The summed E-state index contributed by atoms with van der Waals surface area (Å²) in [5.74, 6) is 0.282. The maximum absolute atomic E-state index is 12.7. The van der Waals surface area contributed by atoms with Crippen molar-refractivity contribution in [2.75, 3.05) is 13.2 Å². The highest BCUT2D eigenvalue weighted by molar-refractivity contribution is 5.86. The minimum atomic E-state index is -0.0717. The number of carbonyl (C=O) groups is 1. The van der Waals surface area contributed by atoms with E-state index < -0.39 is 0 Å². The molecule has 0 bridgehead atoms. The van der Waals surface area contributed by atoms with Gasteiger partial charge in [-0.1, -0.05) is 88.6 Å². The molecule has 0 amide bonds. The Morgan fingerprint density at radius 2 is 1.74 bits per heavy atom. The van der Waals surface area contributed by atoms with Gasteiger partial charge in [-0.25, -0.2) is 5.01 Å². The minimum absolute atomic E-state index is 0.0717. The molecule has 1 aromatic carbocycles. The van der Waals surface area contributed by atoms with Crippen LogP contribution >= 0.6 is 0 Å². The van der Waals surface area contributed by atoms with Crippen molar-refractivity contribution < 1.29 is 9.63 Å². The van der Waals surface area contributed by atoms with E-state index in [1.54, 1.807) is 0 Å². The van der Waals surface area contributed by atoms with Crippen LogP contribution in [0.15, 0.2) is 30.3 Å². The fraction of sp³-hybridized carbons (Fsp3) is 0.696. The second-order valence-electron chi connectivity index (χ2n) is 7.75. The highest BCUT2D eigenvalue weighted by Gasteiger charge is 2.28.